The van der Waals surface area contributed by atoms with Crippen molar-refractivity contribution >= 4 is 0 Å². The number of benzene rings is 1. The van der Waals surface area contributed by atoms with E-state index < -0.39 is 0 Å². The second-order valence-corrected chi connectivity index (χ2v) is 5.24. The van der Waals surface area contributed by atoms with E-state index >= 15 is 0 Å². The highest BCUT2D eigenvalue weighted by molar-refractivity contribution is 5.21. The van der Waals surface area contributed by atoms with E-state index in [-0.39, 0.29) is 0 Å². The summed E-state index contributed by atoms with van der Waals surface area (Å²) in [5, 5.41) is 0. The maximum absolute atomic E-state index is 2.55. The van der Waals surface area contributed by atoms with Gasteiger partial charge in [-0.25, -0.2) is 0 Å². The van der Waals surface area contributed by atoms with Crippen LogP contribution in [0.5, 0.6) is 0 Å². The predicted molar refractivity (Wildman–Crippen MR) is 74.3 cm³/mol. The van der Waals surface area contributed by atoms with Crippen molar-refractivity contribution in [2.45, 2.75) is 33.0 Å². The second-order valence-electron chi connectivity index (χ2n) is 5.24. The lowest BCUT2D eigenvalue weighted by Gasteiger charge is -2.19. The first-order valence-electron chi connectivity index (χ1n) is 6.73. The van der Waals surface area contributed by atoms with Crippen LogP contribution >= 0.6 is 0 Å². The molecule has 2 heterocycles. The van der Waals surface area contributed by atoms with Crippen LogP contribution in [0.1, 0.15) is 23.2 Å². The molecule has 0 amide bonds. The molecule has 1 aliphatic rings. The smallest absolute Gasteiger partial charge is 0.0390 e. The van der Waals surface area contributed by atoms with Gasteiger partial charge in [0.1, 0.15) is 0 Å². The summed E-state index contributed by atoms with van der Waals surface area (Å²) in [5.74, 6) is 0. The number of hydrogen-bond acceptors (Lipinski definition) is 1. The van der Waals surface area contributed by atoms with Gasteiger partial charge in [0.2, 0.25) is 0 Å². The molecule has 0 saturated heterocycles. The van der Waals surface area contributed by atoms with E-state index in [0.717, 1.165) is 19.6 Å². The number of aromatic nitrogens is 1. The van der Waals surface area contributed by atoms with Gasteiger partial charge < -0.3 is 4.57 Å². The van der Waals surface area contributed by atoms with Crippen LogP contribution < -0.4 is 0 Å². The molecular weight excluding hydrogens is 220 g/mol. The van der Waals surface area contributed by atoms with Crippen molar-refractivity contribution in [1.82, 2.24) is 9.47 Å². The first kappa shape index (κ1) is 11.5. The molecule has 18 heavy (non-hydrogen) atoms. The maximum Gasteiger partial charge on any atom is 0.0390 e. The number of aryl methyl sites for hydroxylation is 2. The van der Waals surface area contributed by atoms with E-state index in [1.165, 1.54) is 29.8 Å². The van der Waals surface area contributed by atoms with E-state index in [2.05, 4.69) is 59.0 Å². The summed E-state index contributed by atoms with van der Waals surface area (Å²) in [6, 6.07) is 13.3. The molecule has 3 rings (SSSR count). The summed E-state index contributed by atoms with van der Waals surface area (Å²) in [6.45, 7) is 6.62. The molecule has 0 fully saturated rings. The first-order chi connectivity index (χ1) is 8.81. The minimum Gasteiger partial charge on any atom is -0.350 e. The molecule has 0 spiro atoms. The van der Waals surface area contributed by atoms with Crippen molar-refractivity contribution in [2.75, 3.05) is 6.54 Å². The molecule has 1 aromatic carbocycles. The number of fused-ring (bicyclic) bond motifs is 1. The van der Waals surface area contributed by atoms with Crippen LogP contribution in [0.4, 0.5) is 0 Å². The Labute approximate surface area is 109 Å². The number of rotatable bonds is 2. The molecule has 0 radical (unpaired) electrons. The zero-order valence-corrected chi connectivity index (χ0v) is 11.0. The fourth-order valence-electron chi connectivity index (χ4n) is 2.67. The van der Waals surface area contributed by atoms with Gasteiger partial charge in [0.15, 0.2) is 0 Å². The zero-order valence-electron chi connectivity index (χ0n) is 11.0. The monoisotopic (exact) mass is 240 g/mol. The molecule has 0 N–H and O–H groups in total. The highest BCUT2D eigenvalue weighted by atomic mass is 15.2. The summed E-state index contributed by atoms with van der Waals surface area (Å²) in [6.07, 6.45) is 3.44. The largest absolute Gasteiger partial charge is 0.350 e. The van der Waals surface area contributed by atoms with E-state index in [9.17, 15) is 0 Å². The third kappa shape index (κ3) is 2.49. The maximum atomic E-state index is 2.55. The number of nitrogens with zero attached hydrogens (tertiary/aromatic N) is 2. The number of hydrogen-bond donors (Lipinski definition) is 0. The molecule has 0 aliphatic carbocycles. The van der Waals surface area contributed by atoms with Crippen molar-refractivity contribution in [2.24, 2.45) is 0 Å². The van der Waals surface area contributed by atoms with Crippen LogP contribution in [0.25, 0.3) is 0 Å². The Morgan fingerprint density at radius 2 is 1.89 bits per heavy atom. The average Bonchev–Trinajstić information content (AvgIpc) is 2.71. The lowest BCUT2D eigenvalue weighted by molar-refractivity contribution is 0.261. The zero-order chi connectivity index (χ0) is 12.4. The van der Waals surface area contributed by atoms with Gasteiger partial charge in [-0.2, -0.15) is 0 Å². The summed E-state index contributed by atoms with van der Waals surface area (Å²) in [4.78, 5) is 2.55. The molecule has 2 nitrogen and oxygen atoms in total. The standard InChI is InChI=1S/C16H20N2/c1-14-5-7-15(8-6-14)12-17-9-3-11-18-10-2-4-16(18)13-17/h2,4-8,10H,3,9,11-13H2,1H3. The minimum atomic E-state index is 1.06. The third-order valence-corrected chi connectivity index (χ3v) is 3.71. The lowest BCUT2D eigenvalue weighted by Crippen LogP contribution is -2.22. The Bertz CT molecular complexity index is 510. The normalized spacial score (nSPS) is 16.3. The van der Waals surface area contributed by atoms with Crippen LogP contribution in [0.15, 0.2) is 42.6 Å². The van der Waals surface area contributed by atoms with Gasteiger partial charge >= 0.3 is 0 Å². The van der Waals surface area contributed by atoms with Crippen LogP contribution in [-0.2, 0) is 19.6 Å². The molecule has 1 aliphatic heterocycles. The predicted octanol–water partition coefficient (Wildman–Crippen LogP) is 3.20. The van der Waals surface area contributed by atoms with Gasteiger partial charge in [-0.1, -0.05) is 29.8 Å². The van der Waals surface area contributed by atoms with Gasteiger partial charge in [-0.3, -0.25) is 4.90 Å². The van der Waals surface area contributed by atoms with Crippen molar-refractivity contribution < 1.29 is 0 Å². The molecule has 0 unspecified atom stereocenters. The Balaban J connectivity index is 1.72. The summed E-state index contributed by atoms with van der Waals surface area (Å²) in [5.41, 5.74) is 4.20. The summed E-state index contributed by atoms with van der Waals surface area (Å²) >= 11 is 0. The van der Waals surface area contributed by atoms with Gasteiger partial charge in [0, 0.05) is 38.1 Å². The minimum absolute atomic E-state index is 1.06. The second kappa shape index (κ2) is 4.99. The fraction of sp³-hybridized carbons (Fsp3) is 0.375. The first-order valence-corrected chi connectivity index (χ1v) is 6.73. The SMILES string of the molecule is Cc1ccc(CN2CCCn3cccc3C2)cc1. The van der Waals surface area contributed by atoms with Gasteiger partial charge in [-0.15, -0.1) is 0 Å². The van der Waals surface area contributed by atoms with Crippen LogP contribution in [0, 0.1) is 6.92 Å². The third-order valence-electron chi connectivity index (χ3n) is 3.71. The van der Waals surface area contributed by atoms with Gasteiger partial charge in [0.05, 0.1) is 0 Å². The van der Waals surface area contributed by atoms with Crippen molar-refractivity contribution in [3.63, 3.8) is 0 Å². The average molecular weight is 240 g/mol. The van der Waals surface area contributed by atoms with E-state index in [1.54, 1.807) is 0 Å². The van der Waals surface area contributed by atoms with Crippen LogP contribution in [0.3, 0.4) is 0 Å². The summed E-state index contributed by atoms with van der Waals surface area (Å²) < 4.78 is 2.38. The highest BCUT2D eigenvalue weighted by Gasteiger charge is 2.13. The van der Waals surface area contributed by atoms with E-state index in [1.807, 2.05) is 0 Å². The molecule has 2 aromatic rings. The fourth-order valence-corrected chi connectivity index (χ4v) is 2.67. The van der Waals surface area contributed by atoms with Crippen molar-refractivity contribution in [1.29, 1.82) is 0 Å². The van der Waals surface area contributed by atoms with Gasteiger partial charge in [-0.05, 0) is 31.0 Å². The van der Waals surface area contributed by atoms with Crippen molar-refractivity contribution in [3.8, 4) is 0 Å². The quantitative estimate of drug-likeness (QED) is 0.782. The van der Waals surface area contributed by atoms with Gasteiger partial charge in [0.25, 0.3) is 0 Å². The Hall–Kier alpha value is -1.54. The van der Waals surface area contributed by atoms with Crippen molar-refractivity contribution in [3.05, 3.63) is 59.4 Å². The molecule has 0 atom stereocenters. The molecule has 2 heteroatoms. The molecule has 1 aromatic heterocycles. The lowest BCUT2D eigenvalue weighted by atomic mass is 10.1. The molecular formula is C16H20N2. The molecule has 0 bridgehead atoms. The van der Waals surface area contributed by atoms with Crippen LogP contribution in [-0.4, -0.2) is 16.0 Å². The summed E-state index contributed by atoms with van der Waals surface area (Å²) in [7, 11) is 0. The van der Waals surface area contributed by atoms with E-state index in [4.69, 9.17) is 0 Å². The van der Waals surface area contributed by atoms with Crippen LogP contribution in [0.2, 0.25) is 0 Å². The topological polar surface area (TPSA) is 8.17 Å². The Morgan fingerprint density at radius 3 is 2.72 bits per heavy atom. The van der Waals surface area contributed by atoms with E-state index in [0.29, 0.717) is 0 Å². The highest BCUT2D eigenvalue weighted by Crippen LogP contribution is 2.16. The molecule has 0 saturated carbocycles. The Kier molecular flexibility index (Phi) is 3.20. The molecule has 94 valence electrons. The Morgan fingerprint density at radius 1 is 1.06 bits per heavy atom.